The summed E-state index contributed by atoms with van der Waals surface area (Å²) >= 11 is 8.05. The van der Waals surface area contributed by atoms with E-state index in [1.54, 1.807) is 0 Å². The van der Waals surface area contributed by atoms with Crippen LogP contribution in [0.3, 0.4) is 0 Å². The van der Waals surface area contributed by atoms with E-state index < -0.39 is 0 Å². The van der Waals surface area contributed by atoms with Gasteiger partial charge in [-0.15, -0.1) is 11.8 Å². The normalized spacial score (nSPS) is 24.0. The zero-order valence-electron chi connectivity index (χ0n) is 11.0. The Labute approximate surface area is 123 Å². The van der Waals surface area contributed by atoms with Crippen LogP contribution in [0.2, 0.25) is 5.02 Å². The summed E-state index contributed by atoms with van der Waals surface area (Å²) in [5, 5.41) is 13.7. The Balaban J connectivity index is 1.68. The molecule has 2 aliphatic rings. The second-order valence-corrected chi connectivity index (χ2v) is 7.30. The predicted molar refractivity (Wildman–Crippen MR) is 80.9 cm³/mol. The molecular weight excluding hydrogens is 278 g/mol. The van der Waals surface area contributed by atoms with Crippen LogP contribution in [-0.4, -0.2) is 24.0 Å². The Morgan fingerprint density at radius 3 is 3.00 bits per heavy atom. The van der Waals surface area contributed by atoms with Gasteiger partial charge in [0.1, 0.15) is 0 Å². The van der Waals surface area contributed by atoms with Crippen LogP contribution in [-0.2, 0) is 0 Å². The Morgan fingerprint density at radius 1 is 1.42 bits per heavy atom. The van der Waals surface area contributed by atoms with E-state index in [2.05, 4.69) is 17.4 Å². The summed E-state index contributed by atoms with van der Waals surface area (Å²) in [5.74, 6) is 1.17. The van der Waals surface area contributed by atoms with Crippen molar-refractivity contribution >= 4 is 23.4 Å². The average molecular weight is 298 g/mol. The molecular formula is C15H20ClNOS. The van der Waals surface area contributed by atoms with Crippen molar-refractivity contribution in [2.24, 2.45) is 5.41 Å². The molecule has 1 saturated carbocycles. The summed E-state index contributed by atoms with van der Waals surface area (Å²) in [6.45, 7) is 1.33. The van der Waals surface area contributed by atoms with Crippen molar-refractivity contribution in [3.63, 3.8) is 0 Å². The standard InChI is InChI=1S/C15H20ClNOS/c16-11-1-2-14-12(9-11)13(3-8-19-14)17-10-15(4-5-15)6-7-18/h1-2,9,13,17-18H,3-8,10H2. The molecule has 1 aromatic rings. The van der Waals surface area contributed by atoms with Gasteiger partial charge in [-0.3, -0.25) is 0 Å². The van der Waals surface area contributed by atoms with Crippen molar-refractivity contribution in [2.75, 3.05) is 18.9 Å². The lowest BCUT2D eigenvalue weighted by atomic mass is 9.99. The number of thioether (sulfide) groups is 1. The van der Waals surface area contributed by atoms with Gasteiger partial charge in [-0.2, -0.15) is 0 Å². The molecule has 1 fully saturated rings. The van der Waals surface area contributed by atoms with E-state index >= 15 is 0 Å². The third-order valence-corrected chi connectivity index (χ3v) is 5.69. The second-order valence-electron chi connectivity index (χ2n) is 5.73. The summed E-state index contributed by atoms with van der Waals surface area (Å²) < 4.78 is 0. The molecule has 1 atom stereocenters. The van der Waals surface area contributed by atoms with Gasteiger partial charge in [-0.05, 0) is 60.6 Å². The number of aliphatic hydroxyl groups excluding tert-OH is 1. The van der Waals surface area contributed by atoms with Crippen LogP contribution >= 0.6 is 23.4 Å². The summed E-state index contributed by atoms with van der Waals surface area (Å²) in [6.07, 6.45) is 4.60. The maximum Gasteiger partial charge on any atom is 0.0436 e. The number of hydrogen-bond acceptors (Lipinski definition) is 3. The van der Waals surface area contributed by atoms with E-state index in [4.69, 9.17) is 16.7 Å². The summed E-state index contributed by atoms with van der Waals surface area (Å²) in [7, 11) is 0. The first kappa shape index (κ1) is 13.7. The summed E-state index contributed by atoms with van der Waals surface area (Å²) in [6, 6.07) is 6.64. The lowest BCUT2D eigenvalue weighted by molar-refractivity contribution is 0.241. The van der Waals surface area contributed by atoms with Gasteiger partial charge in [0.05, 0.1) is 0 Å². The third-order valence-electron chi connectivity index (χ3n) is 4.33. The number of fused-ring (bicyclic) bond motifs is 1. The number of aliphatic hydroxyl groups is 1. The van der Waals surface area contributed by atoms with E-state index in [1.165, 1.54) is 29.1 Å². The number of halogens is 1. The molecule has 1 aliphatic heterocycles. The molecule has 0 radical (unpaired) electrons. The fourth-order valence-electron chi connectivity index (χ4n) is 2.85. The van der Waals surface area contributed by atoms with Crippen LogP contribution in [0, 0.1) is 5.41 Å². The number of hydrogen-bond donors (Lipinski definition) is 2. The molecule has 0 amide bonds. The van der Waals surface area contributed by atoms with Crippen molar-refractivity contribution in [3.8, 4) is 0 Å². The SMILES string of the molecule is OCCC1(CNC2CCSc3ccc(Cl)cc32)CC1. The monoisotopic (exact) mass is 297 g/mol. The molecule has 1 heterocycles. The molecule has 0 spiro atoms. The molecule has 1 aromatic carbocycles. The topological polar surface area (TPSA) is 32.3 Å². The van der Waals surface area contributed by atoms with Crippen LogP contribution in [0.15, 0.2) is 23.1 Å². The minimum atomic E-state index is 0.310. The largest absolute Gasteiger partial charge is 0.396 e. The van der Waals surface area contributed by atoms with Crippen LogP contribution in [0.25, 0.3) is 0 Å². The van der Waals surface area contributed by atoms with Crippen molar-refractivity contribution in [3.05, 3.63) is 28.8 Å². The van der Waals surface area contributed by atoms with Crippen LogP contribution in [0.5, 0.6) is 0 Å². The zero-order chi connectivity index (χ0) is 13.3. The van der Waals surface area contributed by atoms with E-state index in [-0.39, 0.29) is 0 Å². The fraction of sp³-hybridized carbons (Fsp3) is 0.600. The molecule has 2 nitrogen and oxygen atoms in total. The molecule has 3 rings (SSSR count). The molecule has 1 aliphatic carbocycles. The maximum atomic E-state index is 9.12. The van der Waals surface area contributed by atoms with Gasteiger partial charge in [-0.25, -0.2) is 0 Å². The number of benzene rings is 1. The Morgan fingerprint density at radius 2 is 2.26 bits per heavy atom. The van der Waals surface area contributed by atoms with Gasteiger partial charge >= 0.3 is 0 Å². The van der Waals surface area contributed by atoms with Crippen LogP contribution in [0.4, 0.5) is 0 Å². The first-order chi connectivity index (χ1) is 9.22. The molecule has 0 aromatic heterocycles. The maximum absolute atomic E-state index is 9.12. The third kappa shape index (κ3) is 3.10. The lowest BCUT2D eigenvalue weighted by Crippen LogP contribution is -2.30. The van der Waals surface area contributed by atoms with Gasteiger partial charge in [0, 0.05) is 29.1 Å². The smallest absolute Gasteiger partial charge is 0.0436 e. The van der Waals surface area contributed by atoms with Crippen molar-refractivity contribution in [2.45, 2.75) is 36.6 Å². The zero-order valence-corrected chi connectivity index (χ0v) is 12.6. The minimum Gasteiger partial charge on any atom is -0.396 e. The van der Waals surface area contributed by atoms with E-state index in [0.29, 0.717) is 18.1 Å². The van der Waals surface area contributed by atoms with E-state index in [1.807, 2.05) is 17.8 Å². The highest BCUT2D eigenvalue weighted by atomic mass is 35.5. The lowest BCUT2D eigenvalue weighted by Gasteiger charge is -2.28. The second kappa shape index (κ2) is 5.65. The molecule has 19 heavy (non-hydrogen) atoms. The minimum absolute atomic E-state index is 0.310. The van der Waals surface area contributed by atoms with Gasteiger partial charge < -0.3 is 10.4 Å². The Bertz CT molecular complexity index is 461. The predicted octanol–water partition coefficient (Wildman–Crippen LogP) is 3.63. The van der Waals surface area contributed by atoms with E-state index in [0.717, 1.165) is 24.4 Å². The molecule has 0 saturated heterocycles. The van der Waals surface area contributed by atoms with Gasteiger partial charge in [0.2, 0.25) is 0 Å². The van der Waals surface area contributed by atoms with E-state index in [9.17, 15) is 0 Å². The highest BCUT2D eigenvalue weighted by molar-refractivity contribution is 7.99. The van der Waals surface area contributed by atoms with Gasteiger partial charge in [0.25, 0.3) is 0 Å². The molecule has 4 heteroatoms. The highest BCUT2D eigenvalue weighted by Gasteiger charge is 2.42. The van der Waals surface area contributed by atoms with Crippen LogP contribution < -0.4 is 5.32 Å². The molecule has 1 unspecified atom stereocenters. The quantitative estimate of drug-likeness (QED) is 0.870. The fourth-order valence-corrected chi connectivity index (χ4v) is 4.13. The Kier molecular flexibility index (Phi) is 4.08. The molecule has 0 bridgehead atoms. The number of rotatable bonds is 5. The van der Waals surface area contributed by atoms with Gasteiger partial charge in [0.15, 0.2) is 0 Å². The molecule has 2 N–H and O–H groups in total. The van der Waals surface area contributed by atoms with Crippen molar-refractivity contribution < 1.29 is 5.11 Å². The van der Waals surface area contributed by atoms with Gasteiger partial charge in [-0.1, -0.05) is 11.6 Å². The first-order valence-corrected chi connectivity index (χ1v) is 8.35. The van der Waals surface area contributed by atoms with Crippen molar-refractivity contribution in [1.82, 2.24) is 5.32 Å². The van der Waals surface area contributed by atoms with Crippen molar-refractivity contribution in [1.29, 1.82) is 0 Å². The molecule has 104 valence electrons. The first-order valence-electron chi connectivity index (χ1n) is 6.99. The number of nitrogens with one attached hydrogen (secondary N) is 1. The average Bonchev–Trinajstić information content (AvgIpc) is 3.17. The van der Waals surface area contributed by atoms with Crippen LogP contribution in [0.1, 0.15) is 37.3 Å². The summed E-state index contributed by atoms with van der Waals surface area (Å²) in [4.78, 5) is 1.36. The summed E-state index contributed by atoms with van der Waals surface area (Å²) in [5.41, 5.74) is 1.72. The Hall–Kier alpha value is -0.220. The highest BCUT2D eigenvalue weighted by Crippen LogP contribution is 2.48.